The fraction of sp³-hybridized carbons (Fsp3) is 0.423. The minimum atomic E-state index is 0.646. The molecule has 0 amide bonds. The van der Waals surface area contributed by atoms with Gasteiger partial charge in [0.1, 0.15) is 16.5 Å². The lowest BCUT2D eigenvalue weighted by molar-refractivity contribution is 0.205. The molecular formula is C26H35N3OS. The first-order chi connectivity index (χ1) is 15.0. The van der Waals surface area contributed by atoms with Gasteiger partial charge in [0.05, 0.1) is 11.3 Å². The van der Waals surface area contributed by atoms with E-state index >= 15 is 0 Å². The fourth-order valence-corrected chi connectivity index (χ4v) is 4.90. The molecule has 0 fully saturated rings. The summed E-state index contributed by atoms with van der Waals surface area (Å²) in [6.07, 6.45) is 2.38. The molecule has 1 aromatic heterocycles. The lowest BCUT2D eigenvalue weighted by Crippen LogP contribution is -2.34. The first kappa shape index (κ1) is 23.5. The Balaban J connectivity index is 1.70. The number of aryl methyl sites for hydroxylation is 1. The van der Waals surface area contributed by atoms with Gasteiger partial charge < -0.3 is 14.5 Å². The highest BCUT2D eigenvalue weighted by atomic mass is 32.1. The highest BCUT2D eigenvalue weighted by Gasteiger charge is 2.16. The van der Waals surface area contributed by atoms with Gasteiger partial charge in [-0.15, -0.1) is 11.3 Å². The van der Waals surface area contributed by atoms with Crippen LogP contribution in [-0.2, 0) is 6.54 Å². The van der Waals surface area contributed by atoms with Crippen molar-refractivity contribution in [2.75, 3.05) is 27.2 Å². The minimum absolute atomic E-state index is 0.646. The van der Waals surface area contributed by atoms with Gasteiger partial charge in [0.15, 0.2) is 0 Å². The van der Waals surface area contributed by atoms with Gasteiger partial charge >= 0.3 is 0 Å². The molecule has 0 aliphatic heterocycles. The molecule has 1 unspecified atom stereocenters. The smallest absolute Gasteiger partial charge is 0.137 e. The Morgan fingerprint density at radius 3 is 2.42 bits per heavy atom. The summed E-state index contributed by atoms with van der Waals surface area (Å²) >= 11 is 1.77. The molecule has 0 spiro atoms. The maximum absolute atomic E-state index is 6.16. The zero-order valence-electron chi connectivity index (χ0n) is 19.5. The summed E-state index contributed by atoms with van der Waals surface area (Å²) < 4.78 is 6.16. The number of hydrogen-bond donors (Lipinski definition) is 0. The largest absolute Gasteiger partial charge is 0.457 e. The Morgan fingerprint density at radius 1 is 1.00 bits per heavy atom. The molecule has 1 atom stereocenters. The van der Waals surface area contributed by atoms with Gasteiger partial charge in [-0.05, 0) is 71.2 Å². The highest BCUT2D eigenvalue weighted by Crippen LogP contribution is 2.36. The van der Waals surface area contributed by atoms with Crippen LogP contribution in [0.4, 0.5) is 0 Å². The van der Waals surface area contributed by atoms with E-state index in [0.29, 0.717) is 6.04 Å². The first-order valence-corrected chi connectivity index (χ1v) is 12.0. The third-order valence-electron chi connectivity index (χ3n) is 5.83. The maximum Gasteiger partial charge on any atom is 0.137 e. The molecule has 0 aliphatic rings. The first-order valence-electron chi connectivity index (χ1n) is 11.2. The van der Waals surface area contributed by atoms with E-state index in [9.17, 15) is 0 Å². The van der Waals surface area contributed by atoms with E-state index < -0.39 is 0 Å². The standard InChI is InChI=1S/C26H35N3OS/c1-6-21(29(5)7-2)17-18-28(4)19-25-20(3)27-26(31-25)23-15-11-12-16-24(23)30-22-13-9-8-10-14-22/h8-16,21H,6-7,17-19H2,1-5H3. The number of nitrogens with zero attached hydrogens (tertiary/aromatic N) is 3. The Bertz CT molecular complexity index is 941. The minimum Gasteiger partial charge on any atom is -0.457 e. The molecule has 5 heteroatoms. The predicted molar refractivity (Wildman–Crippen MR) is 132 cm³/mol. The Hall–Kier alpha value is -2.21. The predicted octanol–water partition coefficient (Wildman–Crippen LogP) is 6.46. The SMILES string of the molecule is CCC(CCN(C)Cc1sc(-c2ccccc2Oc2ccccc2)nc1C)N(C)CC. The molecular weight excluding hydrogens is 402 g/mol. The maximum atomic E-state index is 6.16. The number of rotatable bonds is 11. The van der Waals surface area contributed by atoms with E-state index in [-0.39, 0.29) is 0 Å². The van der Waals surface area contributed by atoms with E-state index in [1.165, 1.54) is 17.7 Å². The molecule has 166 valence electrons. The van der Waals surface area contributed by atoms with Crippen molar-refractivity contribution >= 4 is 11.3 Å². The molecule has 4 nitrogen and oxygen atoms in total. The van der Waals surface area contributed by atoms with Crippen molar-refractivity contribution < 1.29 is 4.74 Å². The van der Waals surface area contributed by atoms with Crippen LogP contribution in [0.5, 0.6) is 11.5 Å². The van der Waals surface area contributed by atoms with Gasteiger partial charge in [-0.3, -0.25) is 0 Å². The van der Waals surface area contributed by atoms with Crippen molar-refractivity contribution in [1.29, 1.82) is 0 Å². The van der Waals surface area contributed by atoms with E-state index in [1.54, 1.807) is 11.3 Å². The summed E-state index contributed by atoms with van der Waals surface area (Å²) in [4.78, 5) is 11.1. The molecule has 3 aromatic rings. The summed E-state index contributed by atoms with van der Waals surface area (Å²) in [6, 6.07) is 18.7. The third kappa shape index (κ3) is 6.39. The topological polar surface area (TPSA) is 28.6 Å². The number of ether oxygens (including phenoxy) is 1. The number of aromatic nitrogens is 1. The van der Waals surface area contributed by atoms with Crippen molar-refractivity contribution in [2.45, 2.75) is 46.2 Å². The third-order valence-corrected chi connectivity index (χ3v) is 7.01. The molecule has 0 N–H and O–H groups in total. The number of thiazole rings is 1. The van der Waals surface area contributed by atoms with Crippen LogP contribution < -0.4 is 4.74 Å². The zero-order valence-corrected chi connectivity index (χ0v) is 20.3. The summed E-state index contributed by atoms with van der Waals surface area (Å²) in [5, 5.41) is 1.02. The van der Waals surface area contributed by atoms with Crippen molar-refractivity contribution in [1.82, 2.24) is 14.8 Å². The van der Waals surface area contributed by atoms with E-state index in [0.717, 1.165) is 47.4 Å². The quantitative estimate of drug-likeness (QED) is 0.344. The van der Waals surface area contributed by atoms with Gasteiger partial charge in [-0.2, -0.15) is 0 Å². The average molecular weight is 438 g/mol. The molecule has 0 radical (unpaired) electrons. The highest BCUT2D eigenvalue weighted by molar-refractivity contribution is 7.15. The van der Waals surface area contributed by atoms with Gasteiger partial charge in [0, 0.05) is 17.5 Å². The summed E-state index contributed by atoms with van der Waals surface area (Å²) in [6.45, 7) is 9.74. The van der Waals surface area contributed by atoms with Crippen molar-refractivity contribution in [2.24, 2.45) is 0 Å². The lowest BCUT2D eigenvalue weighted by atomic mass is 10.1. The van der Waals surface area contributed by atoms with Crippen LogP contribution in [0.2, 0.25) is 0 Å². The molecule has 2 aromatic carbocycles. The van der Waals surface area contributed by atoms with Crippen LogP contribution in [0.25, 0.3) is 10.6 Å². The van der Waals surface area contributed by atoms with Gasteiger partial charge in [-0.25, -0.2) is 4.98 Å². The Kier molecular flexibility index (Phi) is 8.64. The number of para-hydroxylation sites is 2. The van der Waals surface area contributed by atoms with Crippen molar-refractivity contribution in [3.05, 3.63) is 65.2 Å². The molecule has 0 aliphatic carbocycles. The monoisotopic (exact) mass is 437 g/mol. The summed E-state index contributed by atoms with van der Waals surface area (Å²) in [5.41, 5.74) is 2.16. The molecule has 1 heterocycles. The van der Waals surface area contributed by atoms with Gasteiger partial charge in [-0.1, -0.05) is 44.2 Å². The fourth-order valence-electron chi connectivity index (χ4n) is 3.73. The van der Waals surface area contributed by atoms with Crippen LogP contribution in [0.3, 0.4) is 0 Å². The van der Waals surface area contributed by atoms with Crippen LogP contribution in [0.15, 0.2) is 54.6 Å². The summed E-state index contributed by atoms with van der Waals surface area (Å²) in [5.74, 6) is 1.68. The van der Waals surface area contributed by atoms with Crippen LogP contribution in [-0.4, -0.2) is 48.0 Å². The van der Waals surface area contributed by atoms with Gasteiger partial charge in [0.25, 0.3) is 0 Å². The molecule has 0 saturated heterocycles. The van der Waals surface area contributed by atoms with Crippen molar-refractivity contribution in [3.63, 3.8) is 0 Å². The van der Waals surface area contributed by atoms with Crippen molar-refractivity contribution in [3.8, 4) is 22.1 Å². The Labute approximate surface area is 191 Å². The van der Waals surface area contributed by atoms with E-state index in [1.807, 2.05) is 48.5 Å². The van der Waals surface area contributed by atoms with E-state index in [4.69, 9.17) is 9.72 Å². The zero-order chi connectivity index (χ0) is 22.2. The second-order valence-corrected chi connectivity index (χ2v) is 9.18. The number of benzene rings is 2. The average Bonchev–Trinajstić information content (AvgIpc) is 3.14. The molecule has 3 rings (SSSR count). The molecule has 0 saturated carbocycles. The van der Waals surface area contributed by atoms with E-state index in [2.05, 4.69) is 50.7 Å². The number of hydrogen-bond acceptors (Lipinski definition) is 5. The Morgan fingerprint density at radius 2 is 1.71 bits per heavy atom. The van der Waals surface area contributed by atoms with Crippen LogP contribution in [0, 0.1) is 6.92 Å². The second kappa shape index (κ2) is 11.4. The lowest BCUT2D eigenvalue weighted by Gasteiger charge is -2.27. The van der Waals surface area contributed by atoms with Crippen LogP contribution >= 0.6 is 11.3 Å². The van der Waals surface area contributed by atoms with Crippen LogP contribution in [0.1, 0.15) is 37.3 Å². The normalized spacial score (nSPS) is 12.5. The summed E-state index contributed by atoms with van der Waals surface area (Å²) in [7, 11) is 4.44. The second-order valence-electron chi connectivity index (χ2n) is 8.10. The molecule has 0 bridgehead atoms. The van der Waals surface area contributed by atoms with Gasteiger partial charge in [0.2, 0.25) is 0 Å². The molecule has 31 heavy (non-hydrogen) atoms.